The number of hydrogen-bond acceptors (Lipinski definition) is 2. The van der Waals surface area contributed by atoms with E-state index in [0.717, 1.165) is 32.2 Å². The largest absolute Gasteiger partial charge is 0.465 e. The first-order chi connectivity index (χ1) is 8.70. The van der Waals surface area contributed by atoms with E-state index in [1.165, 1.54) is 5.56 Å². The molecule has 0 spiro atoms. The second kappa shape index (κ2) is 5.87. The summed E-state index contributed by atoms with van der Waals surface area (Å²) >= 11 is 0. The van der Waals surface area contributed by atoms with E-state index < -0.39 is 6.09 Å². The summed E-state index contributed by atoms with van der Waals surface area (Å²) in [5.41, 5.74) is 0.960. The van der Waals surface area contributed by atoms with Gasteiger partial charge in [0.25, 0.3) is 0 Å². The summed E-state index contributed by atoms with van der Waals surface area (Å²) in [6.07, 6.45) is 3.15. The molecule has 2 rings (SSSR count). The van der Waals surface area contributed by atoms with Crippen molar-refractivity contribution in [2.45, 2.75) is 37.8 Å². The van der Waals surface area contributed by atoms with Gasteiger partial charge >= 0.3 is 6.09 Å². The van der Waals surface area contributed by atoms with Gasteiger partial charge in [-0.3, -0.25) is 0 Å². The average Bonchev–Trinajstić information content (AvgIpc) is 2.78. The van der Waals surface area contributed by atoms with Gasteiger partial charge in [-0.15, -0.1) is 0 Å². The van der Waals surface area contributed by atoms with Crippen molar-refractivity contribution in [3.8, 4) is 0 Å². The second-order valence-corrected chi connectivity index (χ2v) is 5.01. The van der Waals surface area contributed by atoms with E-state index in [0.29, 0.717) is 6.54 Å². The molecule has 98 valence electrons. The molecule has 1 saturated carbocycles. The van der Waals surface area contributed by atoms with Gasteiger partial charge in [0.2, 0.25) is 0 Å². The van der Waals surface area contributed by atoms with Gasteiger partial charge in [-0.05, 0) is 18.4 Å². The predicted octanol–water partition coefficient (Wildman–Crippen LogP) is 2.36. The lowest BCUT2D eigenvalue weighted by Gasteiger charge is -2.29. The topological polar surface area (TPSA) is 61.4 Å². The third-order valence-electron chi connectivity index (χ3n) is 3.57. The van der Waals surface area contributed by atoms with Crippen molar-refractivity contribution in [2.75, 3.05) is 6.54 Å². The van der Waals surface area contributed by atoms with Crippen LogP contribution >= 0.6 is 0 Å². The SMILES string of the molecule is O=C(O)NC1(CNCc2ccccc2)CCCC1. The Balaban J connectivity index is 1.85. The van der Waals surface area contributed by atoms with Crippen molar-refractivity contribution >= 4 is 6.09 Å². The second-order valence-electron chi connectivity index (χ2n) is 5.01. The van der Waals surface area contributed by atoms with Crippen LogP contribution in [-0.2, 0) is 6.54 Å². The first kappa shape index (κ1) is 12.9. The Morgan fingerprint density at radius 2 is 1.89 bits per heavy atom. The van der Waals surface area contributed by atoms with Gasteiger partial charge < -0.3 is 15.7 Å². The van der Waals surface area contributed by atoms with E-state index in [9.17, 15) is 4.79 Å². The zero-order valence-corrected chi connectivity index (χ0v) is 10.5. The number of benzene rings is 1. The fourth-order valence-corrected chi connectivity index (χ4v) is 2.67. The maximum Gasteiger partial charge on any atom is 0.405 e. The molecule has 0 heterocycles. The van der Waals surface area contributed by atoms with Gasteiger partial charge in [0, 0.05) is 13.1 Å². The highest BCUT2D eigenvalue weighted by Crippen LogP contribution is 2.29. The summed E-state index contributed by atoms with van der Waals surface area (Å²) in [5.74, 6) is 0. The molecule has 0 aromatic heterocycles. The molecule has 1 aliphatic rings. The van der Waals surface area contributed by atoms with E-state index in [2.05, 4.69) is 22.8 Å². The molecule has 1 aliphatic carbocycles. The molecule has 1 fully saturated rings. The molecule has 4 nitrogen and oxygen atoms in total. The molecule has 4 heteroatoms. The van der Waals surface area contributed by atoms with Gasteiger partial charge in [0.15, 0.2) is 0 Å². The molecular weight excluding hydrogens is 228 g/mol. The van der Waals surface area contributed by atoms with Gasteiger partial charge in [0.1, 0.15) is 0 Å². The maximum absolute atomic E-state index is 10.9. The van der Waals surface area contributed by atoms with Crippen molar-refractivity contribution in [1.82, 2.24) is 10.6 Å². The predicted molar refractivity (Wildman–Crippen MR) is 70.5 cm³/mol. The minimum Gasteiger partial charge on any atom is -0.465 e. The third kappa shape index (κ3) is 3.47. The molecule has 0 radical (unpaired) electrons. The van der Waals surface area contributed by atoms with Crippen LogP contribution in [0.3, 0.4) is 0 Å². The Morgan fingerprint density at radius 1 is 1.22 bits per heavy atom. The van der Waals surface area contributed by atoms with Crippen LogP contribution in [0.2, 0.25) is 0 Å². The highest BCUT2D eigenvalue weighted by atomic mass is 16.4. The van der Waals surface area contributed by atoms with Gasteiger partial charge in [0.05, 0.1) is 5.54 Å². The lowest BCUT2D eigenvalue weighted by Crippen LogP contribution is -2.52. The Labute approximate surface area is 107 Å². The number of rotatable bonds is 5. The summed E-state index contributed by atoms with van der Waals surface area (Å²) in [4.78, 5) is 10.9. The van der Waals surface area contributed by atoms with Crippen LogP contribution in [0.1, 0.15) is 31.2 Å². The summed E-state index contributed by atoms with van der Waals surface area (Å²) in [5, 5.41) is 15.0. The van der Waals surface area contributed by atoms with Crippen LogP contribution in [0.4, 0.5) is 4.79 Å². The van der Waals surface area contributed by atoms with Gasteiger partial charge in [-0.2, -0.15) is 0 Å². The van der Waals surface area contributed by atoms with Crippen LogP contribution < -0.4 is 10.6 Å². The van der Waals surface area contributed by atoms with E-state index in [4.69, 9.17) is 5.11 Å². The third-order valence-corrected chi connectivity index (χ3v) is 3.57. The maximum atomic E-state index is 10.9. The van der Waals surface area contributed by atoms with Gasteiger partial charge in [-0.25, -0.2) is 4.79 Å². The average molecular weight is 248 g/mol. The van der Waals surface area contributed by atoms with Gasteiger partial charge in [-0.1, -0.05) is 43.2 Å². The van der Waals surface area contributed by atoms with Crippen molar-refractivity contribution in [2.24, 2.45) is 0 Å². The molecule has 0 saturated heterocycles. The summed E-state index contributed by atoms with van der Waals surface area (Å²) < 4.78 is 0. The highest BCUT2D eigenvalue weighted by Gasteiger charge is 2.34. The van der Waals surface area contributed by atoms with E-state index in [1.54, 1.807) is 0 Å². The molecular formula is C14H20N2O2. The highest BCUT2D eigenvalue weighted by molar-refractivity contribution is 5.65. The first-order valence-corrected chi connectivity index (χ1v) is 6.46. The number of hydrogen-bond donors (Lipinski definition) is 3. The minimum absolute atomic E-state index is 0.263. The lowest BCUT2D eigenvalue weighted by atomic mass is 9.97. The Kier molecular flexibility index (Phi) is 4.20. The Morgan fingerprint density at radius 3 is 2.50 bits per heavy atom. The number of nitrogens with one attached hydrogen (secondary N) is 2. The normalized spacial score (nSPS) is 17.6. The lowest BCUT2D eigenvalue weighted by molar-refractivity contribution is 0.176. The molecule has 1 aromatic rings. The molecule has 0 atom stereocenters. The quantitative estimate of drug-likeness (QED) is 0.749. The standard InChI is InChI=1S/C14H20N2O2/c17-13(18)16-14(8-4-5-9-14)11-15-10-12-6-2-1-3-7-12/h1-3,6-7,15-16H,4-5,8-11H2,(H,17,18). The van der Waals surface area contributed by atoms with E-state index >= 15 is 0 Å². The summed E-state index contributed by atoms with van der Waals surface area (Å²) in [6.45, 7) is 1.48. The minimum atomic E-state index is -0.918. The van der Waals surface area contributed by atoms with Crippen molar-refractivity contribution in [3.63, 3.8) is 0 Å². The van der Waals surface area contributed by atoms with Crippen molar-refractivity contribution in [1.29, 1.82) is 0 Å². The monoisotopic (exact) mass is 248 g/mol. The van der Waals surface area contributed by atoms with Crippen LogP contribution in [0.5, 0.6) is 0 Å². The smallest absolute Gasteiger partial charge is 0.405 e. The van der Waals surface area contributed by atoms with E-state index in [-0.39, 0.29) is 5.54 Å². The van der Waals surface area contributed by atoms with Crippen LogP contribution in [-0.4, -0.2) is 23.3 Å². The molecule has 0 bridgehead atoms. The van der Waals surface area contributed by atoms with Crippen molar-refractivity contribution in [3.05, 3.63) is 35.9 Å². The number of carbonyl (C=O) groups is 1. The molecule has 1 amide bonds. The zero-order chi connectivity index (χ0) is 12.8. The van der Waals surface area contributed by atoms with Crippen LogP contribution in [0, 0.1) is 0 Å². The van der Waals surface area contributed by atoms with Crippen LogP contribution in [0.15, 0.2) is 30.3 Å². The summed E-state index contributed by atoms with van der Waals surface area (Å²) in [6, 6.07) is 10.2. The van der Waals surface area contributed by atoms with E-state index in [1.807, 2.05) is 18.2 Å². The molecule has 18 heavy (non-hydrogen) atoms. The summed E-state index contributed by atoms with van der Waals surface area (Å²) in [7, 11) is 0. The number of amides is 1. The molecule has 1 aromatic carbocycles. The number of carboxylic acid groups (broad SMARTS) is 1. The Hall–Kier alpha value is -1.55. The Bertz CT molecular complexity index is 386. The molecule has 0 aliphatic heterocycles. The molecule has 0 unspecified atom stereocenters. The first-order valence-electron chi connectivity index (χ1n) is 6.46. The zero-order valence-electron chi connectivity index (χ0n) is 10.5. The fourth-order valence-electron chi connectivity index (χ4n) is 2.67. The van der Waals surface area contributed by atoms with Crippen LogP contribution in [0.25, 0.3) is 0 Å². The van der Waals surface area contributed by atoms with Crippen molar-refractivity contribution < 1.29 is 9.90 Å². The fraction of sp³-hybridized carbons (Fsp3) is 0.500. The molecule has 3 N–H and O–H groups in total.